The van der Waals surface area contributed by atoms with Crippen LogP contribution in [0.1, 0.15) is 37.5 Å². The molecule has 0 aromatic heterocycles. The molecule has 3 N–H and O–H groups in total. The Balaban J connectivity index is 2.64. The molecule has 0 atom stereocenters. The van der Waals surface area contributed by atoms with Crippen LogP contribution in [0.4, 0.5) is 0 Å². The lowest BCUT2D eigenvalue weighted by molar-refractivity contribution is 0.394. The fraction of sp³-hybridized carbons (Fsp3) is 0.333. The average molecular weight is 286 g/mol. The van der Waals surface area contributed by atoms with Crippen molar-refractivity contribution in [2.24, 2.45) is 0 Å². The van der Waals surface area contributed by atoms with E-state index in [1.165, 1.54) is 17.2 Å². The number of hydrogen-bond acceptors (Lipinski definition) is 3. The van der Waals surface area contributed by atoms with Gasteiger partial charge in [-0.15, -0.1) is 0 Å². The summed E-state index contributed by atoms with van der Waals surface area (Å²) in [5, 5.41) is 30.5. The van der Waals surface area contributed by atoms with Crippen LogP contribution in [0.25, 0.3) is 11.1 Å². The summed E-state index contributed by atoms with van der Waals surface area (Å²) in [5.74, 6) is -0.408. The zero-order chi connectivity index (χ0) is 15.6. The summed E-state index contributed by atoms with van der Waals surface area (Å²) in [6.45, 7) is 6.04. The van der Waals surface area contributed by atoms with Crippen LogP contribution < -0.4 is 0 Å². The van der Waals surface area contributed by atoms with Crippen molar-refractivity contribution >= 4 is 0 Å². The first-order valence-corrected chi connectivity index (χ1v) is 7.42. The molecule has 0 amide bonds. The molecule has 0 spiro atoms. The Morgan fingerprint density at radius 2 is 1.33 bits per heavy atom. The van der Waals surface area contributed by atoms with Crippen LogP contribution in [0, 0.1) is 0 Å². The lowest BCUT2D eigenvalue weighted by atomic mass is 9.94. The van der Waals surface area contributed by atoms with Crippen molar-refractivity contribution in [3.8, 4) is 28.4 Å². The molecule has 0 aliphatic rings. The van der Waals surface area contributed by atoms with E-state index in [9.17, 15) is 15.3 Å². The third kappa shape index (κ3) is 2.68. The zero-order valence-electron chi connectivity index (χ0n) is 12.8. The maximum atomic E-state index is 10.2. The van der Waals surface area contributed by atoms with Crippen molar-refractivity contribution in [1.82, 2.24) is 0 Å². The van der Waals surface area contributed by atoms with E-state index < -0.39 is 0 Å². The molecule has 3 heteroatoms. The second kappa shape index (κ2) is 6.08. The molecule has 21 heavy (non-hydrogen) atoms. The molecule has 3 nitrogen and oxygen atoms in total. The Bertz CT molecular complexity index is 660. The molecule has 0 bridgehead atoms. The second-order valence-electron chi connectivity index (χ2n) is 5.17. The van der Waals surface area contributed by atoms with Crippen molar-refractivity contribution in [3.05, 3.63) is 41.0 Å². The van der Waals surface area contributed by atoms with E-state index in [1.807, 2.05) is 25.1 Å². The van der Waals surface area contributed by atoms with Crippen molar-refractivity contribution in [2.75, 3.05) is 0 Å². The van der Waals surface area contributed by atoms with Crippen LogP contribution in [0.5, 0.6) is 17.2 Å². The molecule has 0 radical (unpaired) electrons. The van der Waals surface area contributed by atoms with E-state index in [4.69, 9.17) is 0 Å². The Hall–Kier alpha value is -2.16. The van der Waals surface area contributed by atoms with Gasteiger partial charge in [0, 0.05) is 5.56 Å². The number of phenolic OH excluding ortho intramolecular Hbond substituents is 3. The van der Waals surface area contributed by atoms with Gasteiger partial charge in [0.05, 0.1) is 5.56 Å². The predicted octanol–water partition coefficient (Wildman–Crippen LogP) is 4.16. The number of phenols is 3. The van der Waals surface area contributed by atoms with Gasteiger partial charge >= 0.3 is 0 Å². The van der Waals surface area contributed by atoms with Gasteiger partial charge in [-0.2, -0.15) is 0 Å². The second-order valence-corrected chi connectivity index (χ2v) is 5.17. The van der Waals surface area contributed by atoms with Crippen molar-refractivity contribution in [1.29, 1.82) is 0 Å². The molecule has 0 saturated heterocycles. The summed E-state index contributed by atoms with van der Waals surface area (Å²) in [6, 6.07) is 7.37. The quantitative estimate of drug-likeness (QED) is 0.584. The molecule has 0 aliphatic heterocycles. The minimum atomic E-state index is -0.252. The largest absolute Gasteiger partial charge is 0.507 e. The molecule has 0 heterocycles. The Morgan fingerprint density at radius 3 is 1.90 bits per heavy atom. The molecule has 2 aromatic carbocycles. The number of aryl methyl sites for hydroxylation is 3. The number of rotatable bonds is 4. The number of aromatic hydroxyl groups is 3. The molecule has 112 valence electrons. The monoisotopic (exact) mass is 286 g/mol. The van der Waals surface area contributed by atoms with Crippen LogP contribution in [-0.4, -0.2) is 15.3 Å². The van der Waals surface area contributed by atoms with E-state index in [1.54, 1.807) is 0 Å². The first-order valence-electron chi connectivity index (χ1n) is 7.42. The summed E-state index contributed by atoms with van der Waals surface area (Å²) < 4.78 is 0. The Morgan fingerprint density at radius 1 is 0.714 bits per heavy atom. The lowest BCUT2D eigenvalue weighted by Gasteiger charge is -2.14. The highest BCUT2D eigenvalue weighted by Gasteiger charge is 2.18. The first-order chi connectivity index (χ1) is 10.0. The SMILES string of the molecule is CCc1ccc(-c2c(O)cc(CC)c(O)c2O)cc1CC. The van der Waals surface area contributed by atoms with Gasteiger partial charge in [0.25, 0.3) is 0 Å². The fourth-order valence-electron chi connectivity index (χ4n) is 2.71. The molecule has 0 saturated carbocycles. The summed E-state index contributed by atoms with van der Waals surface area (Å²) >= 11 is 0. The van der Waals surface area contributed by atoms with Crippen LogP contribution >= 0.6 is 0 Å². The van der Waals surface area contributed by atoms with Gasteiger partial charge in [-0.3, -0.25) is 0 Å². The topological polar surface area (TPSA) is 60.7 Å². The lowest BCUT2D eigenvalue weighted by Crippen LogP contribution is -1.93. The number of hydrogen-bond donors (Lipinski definition) is 3. The molecule has 0 aliphatic carbocycles. The minimum absolute atomic E-state index is 0.00606. The highest BCUT2D eigenvalue weighted by Crippen LogP contribution is 2.45. The molecular weight excluding hydrogens is 264 g/mol. The maximum absolute atomic E-state index is 10.2. The summed E-state index contributed by atoms with van der Waals surface area (Å²) in [7, 11) is 0. The predicted molar refractivity (Wildman–Crippen MR) is 85.0 cm³/mol. The Labute approximate surface area is 125 Å². The van der Waals surface area contributed by atoms with Crippen LogP contribution in [0.15, 0.2) is 24.3 Å². The highest BCUT2D eigenvalue weighted by atomic mass is 16.3. The third-order valence-electron chi connectivity index (χ3n) is 3.97. The van der Waals surface area contributed by atoms with Gasteiger partial charge in [0.2, 0.25) is 0 Å². The summed E-state index contributed by atoms with van der Waals surface area (Å²) in [4.78, 5) is 0. The molecule has 2 aromatic rings. The van der Waals surface area contributed by atoms with Crippen molar-refractivity contribution < 1.29 is 15.3 Å². The standard InChI is InChI=1S/C18H22O3/c1-4-11-7-8-14(9-12(11)5-2)16-15(19)10-13(6-3)17(20)18(16)21/h7-10,19-21H,4-6H2,1-3H3. The Kier molecular flexibility index (Phi) is 4.41. The van der Waals surface area contributed by atoms with Crippen molar-refractivity contribution in [2.45, 2.75) is 40.0 Å². The minimum Gasteiger partial charge on any atom is -0.507 e. The molecule has 0 fully saturated rings. The summed E-state index contributed by atoms with van der Waals surface area (Å²) in [6.07, 6.45) is 2.38. The number of benzene rings is 2. The van der Waals surface area contributed by atoms with E-state index in [2.05, 4.69) is 13.8 Å². The van der Waals surface area contributed by atoms with Gasteiger partial charge in [0.15, 0.2) is 11.5 Å². The zero-order valence-corrected chi connectivity index (χ0v) is 12.8. The van der Waals surface area contributed by atoms with Gasteiger partial charge in [-0.1, -0.05) is 39.0 Å². The van der Waals surface area contributed by atoms with Crippen LogP contribution in [0.2, 0.25) is 0 Å². The fourth-order valence-corrected chi connectivity index (χ4v) is 2.71. The van der Waals surface area contributed by atoms with Crippen LogP contribution in [0.3, 0.4) is 0 Å². The van der Waals surface area contributed by atoms with Gasteiger partial charge < -0.3 is 15.3 Å². The molecule has 0 unspecified atom stereocenters. The van der Waals surface area contributed by atoms with Crippen molar-refractivity contribution in [3.63, 3.8) is 0 Å². The van der Waals surface area contributed by atoms with Crippen LogP contribution in [-0.2, 0) is 19.3 Å². The summed E-state index contributed by atoms with van der Waals surface area (Å²) in [5.41, 5.74) is 4.00. The van der Waals surface area contributed by atoms with E-state index in [0.29, 0.717) is 17.5 Å². The van der Waals surface area contributed by atoms with E-state index >= 15 is 0 Å². The third-order valence-corrected chi connectivity index (χ3v) is 3.97. The van der Waals surface area contributed by atoms with Gasteiger partial charge in [0.1, 0.15) is 5.75 Å². The van der Waals surface area contributed by atoms with Gasteiger partial charge in [-0.05, 0) is 42.0 Å². The van der Waals surface area contributed by atoms with E-state index in [0.717, 1.165) is 18.4 Å². The maximum Gasteiger partial charge on any atom is 0.169 e. The normalized spacial score (nSPS) is 10.8. The highest BCUT2D eigenvalue weighted by molar-refractivity contribution is 5.80. The first kappa shape index (κ1) is 15.2. The molecular formula is C18H22O3. The van der Waals surface area contributed by atoms with Gasteiger partial charge in [-0.25, -0.2) is 0 Å². The molecule has 2 rings (SSSR count). The smallest absolute Gasteiger partial charge is 0.169 e. The average Bonchev–Trinajstić information content (AvgIpc) is 2.50. The van der Waals surface area contributed by atoms with E-state index in [-0.39, 0.29) is 17.2 Å².